The number of aromatic nitrogens is 2. The topological polar surface area (TPSA) is 76.2 Å². The fourth-order valence-corrected chi connectivity index (χ4v) is 1.95. The minimum Gasteiger partial charge on any atom is -0.481 e. The first-order chi connectivity index (χ1) is 8.63. The fraction of sp³-hybridized carbons (Fsp3) is 0.250. The normalized spacial score (nSPS) is 10.5. The number of nitrogens with zero attached hydrogens (tertiary/aromatic N) is 2. The quantitative estimate of drug-likeness (QED) is 0.918. The van der Waals surface area contributed by atoms with Crippen molar-refractivity contribution in [3.8, 4) is 0 Å². The molecule has 1 aromatic heterocycles. The SMILES string of the molecule is O=C(O)CCc1noc(Cc2cccc(Br)c2)n1. The second-order valence-electron chi connectivity index (χ2n) is 3.80. The van der Waals surface area contributed by atoms with Crippen LogP contribution in [-0.4, -0.2) is 21.2 Å². The van der Waals surface area contributed by atoms with Crippen LogP contribution in [0.25, 0.3) is 0 Å². The molecule has 0 saturated heterocycles. The van der Waals surface area contributed by atoms with E-state index in [1.165, 1.54) is 0 Å². The van der Waals surface area contributed by atoms with Crippen molar-refractivity contribution in [1.82, 2.24) is 10.1 Å². The first-order valence-corrected chi connectivity index (χ1v) is 6.20. The van der Waals surface area contributed by atoms with E-state index in [4.69, 9.17) is 9.63 Å². The van der Waals surface area contributed by atoms with Crippen LogP contribution >= 0.6 is 15.9 Å². The molecule has 0 atom stereocenters. The van der Waals surface area contributed by atoms with E-state index in [2.05, 4.69) is 26.1 Å². The van der Waals surface area contributed by atoms with E-state index >= 15 is 0 Å². The molecule has 0 aliphatic rings. The van der Waals surface area contributed by atoms with Crippen LogP contribution in [-0.2, 0) is 17.6 Å². The molecule has 0 spiro atoms. The fourth-order valence-electron chi connectivity index (χ4n) is 1.50. The van der Waals surface area contributed by atoms with E-state index in [1.807, 2.05) is 24.3 Å². The Labute approximate surface area is 112 Å². The van der Waals surface area contributed by atoms with Crippen LogP contribution in [0, 0.1) is 0 Å². The number of aliphatic carboxylic acids is 1. The third-order valence-corrected chi connectivity index (χ3v) is 2.81. The van der Waals surface area contributed by atoms with E-state index < -0.39 is 5.97 Å². The van der Waals surface area contributed by atoms with Crippen LogP contribution < -0.4 is 0 Å². The smallest absolute Gasteiger partial charge is 0.303 e. The van der Waals surface area contributed by atoms with E-state index in [9.17, 15) is 4.79 Å². The maximum absolute atomic E-state index is 10.4. The number of aryl methyl sites for hydroxylation is 1. The molecule has 0 amide bonds. The maximum Gasteiger partial charge on any atom is 0.303 e. The third kappa shape index (κ3) is 3.66. The van der Waals surface area contributed by atoms with Crippen LogP contribution in [0.5, 0.6) is 0 Å². The lowest BCUT2D eigenvalue weighted by Gasteiger charge is -1.96. The number of hydrogen-bond donors (Lipinski definition) is 1. The second kappa shape index (κ2) is 5.77. The molecule has 5 nitrogen and oxygen atoms in total. The molecule has 2 aromatic rings. The highest BCUT2D eigenvalue weighted by Crippen LogP contribution is 2.14. The molecule has 1 N–H and O–H groups in total. The van der Waals surface area contributed by atoms with Crippen LogP contribution in [0.2, 0.25) is 0 Å². The molecule has 0 aliphatic carbocycles. The number of halogens is 1. The molecule has 2 rings (SSSR count). The predicted molar refractivity (Wildman–Crippen MR) is 67.2 cm³/mol. The number of benzene rings is 1. The molecule has 6 heteroatoms. The van der Waals surface area contributed by atoms with Gasteiger partial charge in [-0.25, -0.2) is 0 Å². The van der Waals surface area contributed by atoms with E-state index in [1.54, 1.807) is 0 Å². The second-order valence-corrected chi connectivity index (χ2v) is 4.72. The summed E-state index contributed by atoms with van der Waals surface area (Å²) in [5.74, 6) is 0.0595. The Morgan fingerprint density at radius 3 is 3.00 bits per heavy atom. The van der Waals surface area contributed by atoms with Crippen molar-refractivity contribution in [3.05, 3.63) is 46.0 Å². The van der Waals surface area contributed by atoms with Gasteiger partial charge in [-0.3, -0.25) is 4.79 Å². The zero-order valence-electron chi connectivity index (χ0n) is 9.47. The summed E-state index contributed by atoms with van der Waals surface area (Å²) in [7, 11) is 0. The highest BCUT2D eigenvalue weighted by molar-refractivity contribution is 9.10. The summed E-state index contributed by atoms with van der Waals surface area (Å²) in [6, 6.07) is 7.81. The van der Waals surface area contributed by atoms with Crippen molar-refractivity contribution in [2.75, 3.05) is 0 Å². The Morgan fingerprint density at radius 1 is 1.44 bits per heavy atom. The molecule has 0 unspecified atom stereocenters. The maximum atomic E-state index is 10.4. The average Bonchev–Trinajstić information content (AvgIpc) is 2.74. The van der Waals surface area contributed by atoms with Gasteiger partial charge in [0, 0.05) is 10.9 Å². The molecule has 0 saturated carbocycles. The minimum absolute atomic E-state index is 0.00978. The van der Waals surface area contributed by atoms with Gasteiger partial charge in [-0.15, -0.1) is 0 Å². The highest BCUT2D eigenvalue weighted by Gasteiger charge is 2.08. The Kier molecular flexibility index (Phi) is 4.09. The predicted octanol–water partition coefficient (Wildman–Crippen LogP) is 2.44. The zero-order valence-corrected chi connectivity index (χ0v) is 11.1. The summed E-state index contributed by atoms with van der Waals surface area (Å²) in [5, 5.41) is 12.3. The van der Waals surface area contributed by atoms with Gasteiger partial charge in [0.2, 0.25) is 5.89 Å². The minimum atomic E-state index is -0.867. The Bertz CT molecular complexity index is 554. The van der Waals surface area contributed by atoms with Gasteiger partial charge in [0.05, 0.1) is 12.8 Å². The molecule has 0 aliphatic heterocycles. The summed E-state index contributed by atoms with van der Waals surface area (Å²) < 4.78 is 6.06. The number of carboxylic acid groups (broad SMARTS) is 1. The van der Waals surface area contributed by atoms with Crippen LogP contribution in [0.3, 0.4) is 0 Å². The first kappa shape index (κ1) is 12.8. The van der Waals surface area contributed by atoms with Crippen molar-refractivity contribution >= 4 is 21.9 Å². The van der Waals surface area contributed by atoms with Gasteiger partial charge in [0.1, 0.15) is 0 Å². The Morgan fingerprint density at radius 2 is 2.28 bits per heavy atom. The molecule has 18 heavy (non-hydrogen) atoms. The van der Waals surface area contributed by atoms with Gasteiger partial charge in [-0.05, 0) is 17.7 Å². The van der Waals surface area contributed by atoms with Gasteiger partial charge in [0.15, 0.2) is 5.82 Å². The standard InChI is InChI=1S/C12H11BrN2O3/c13-9-3-1-2-8(6-9)7-11-14-10(15-18-11)4-5-12(16)17/h1-3,6H,4-5,7H2,(H,16,17). The van der Waals surface area contributed by atoms with Gasteiger partial charge in [0.25, 0.3) is 0 Å². The number of carboxylic acids is 1. The zero-order chi connectivity index (χ0) is 13.0. The summed E-state index contributed by atoms with van der Waals surface area (Å²) in [5.41, 5.74) is 1.05. The molecule has 94 valence electrons. The molecule has 0 bridgehead atoms. The molecular formula is C12H11BrN2O3. The molecule has 1 heterocycles. The number of rotatable bonds is 5. The van der Waals surface area contributed by atoms with Crippen molar-refractivity contribution < 1.29 is 14.4 Å². The van der Waals surface area contributed by atoms with Crippen LogP contribution in [0.15, 0.2) is 33.3 Å². The van der Waals surface area contributed by atoms with Gasteiger partial charge in [-0.1, -0.05) is 33.2 Å². The van der Waals surface area contributed by atoms with Crippen molar-refractivity contribution in [2.45, 2.75) is 19.3 Å². The number of carbonyl (C=O) groups is 1. The summed E-state index contributed by atoms with van der Waals surface area (Å²) in [4.78, 5) is 14.6. The van der Waals surface area contributed by atoms with E-state index in [0.29, 0.717) is 18.1 Å². The van der Waals surface area contributed by atoms with Crippen LogP contribution in [0.4, 0.5) is 0 Å². The molecule has 0 radical (unpaired) electrons. The Hall–Kier alpha value is -1.69. The van der Waals surface area contributed by atoms with Gasteiger partial charge in [-0.2, -0.15) is 4.98 Å². The van der Waals surface area contributed by atoms with Crippen LogP contribution in [0.1, 0.15) is 23.7 Å². The Balaban J connectivity index is 2.00. The number of hydrogen-bond acceptors (Lipinski definition) is 4. The van der Waals surface area contributed by atoms with Crippen molar-refractivity contribution in [1.29, 1.82) is 0 Å². The molecule has 0 fully saturated rings. The lowest BCUT2D eigenvalue weighted by molar-refractivity contribution is -0.137. The monoisotopic (exact) mass is 310 g/mol. The first-order valence-electron chi connectivity index (χ1n) is 5.41. The van der Waals surface area contributed by atoms with Gasteiger partial charge < -0.3 is 9.63 Å². The largest absolute Gasteiger partial charge is 0.481 e. The lowest BCUT2D eigenvalue weighted by Crippen LogP contribution is -1.99. The summed E-state index contributed by atoms with van der Waals surface area (Å²) >= 11 is 3.39. The highest BCUT2D eigenvalue weighted by atomic mass is 79.9. The molecular weight excluding hydrogens is 300 g/mol. The summed E-state index contributed by atoms with van der Waals surface area (Å²) in [6.07, 6.45) is 0.840. The average molecular weight is 311 g/mol. The molecule has 1 aromatic carbocycles. The van der Waals surface area contributed by atoms with E-state index in [0.717, 1.165) is 10.0 Å². The third-order valence-electron chi connectivity index (χ3n) is 2.32. The van der Waals surface area contributed by atoms with Gasteiger partial charge >= 0.3 is 5.97 Å². The lowest BCUT2D eigenvalue weighted by atomic mass is 10.1. The van der Waals surface area contributed by atoms with E-state index in [-0.39, 0.29) is 12.8 Å². The summed E-state index contributed by atoms with van der Waals surface area (Å²) in [6.45, 7) is 0. The van der Waals surface area contributed by atoms with Crippen molar-refractivity contribution in [2.24, 2.45) is 0 Å². The van der Waals surface area contributed by atoms with Crippen molar-refractivity contribution in [3.63, 3.8) is 0 Å².